The average molecular weight is 619 g/mol. The van der Waals surface area contributed by atoms with Gasteiger partial charge in [0.1, 0.15) is 11.6 Å². The molecule has 2 aliphatic heterocycles. The number of carbonyl (C=O) groups is 2. The molecule has 1 N–H and O–H groups in total. The Morgan fingerprint density at radius 3 is 2.37 bits per heavy atom. The summed E-state index contributed by atoms with van der Waals surface area (Å²) in [7, 11) is 1.63. The van der Waals surface area contributed by atoms with E-state index < -0.39 is 11.4 Å². The standard InChI is InChI=1S/C33H33Cl2N5O3/c1-7-38(8-2)22-12-13-23(27(17-22)43-6)30-37-28-29(39(30)18(3)4)33(24-14-11-20(34)15-25(24)36-32(33)42)40(31(28)41)26-16-21(35)10-9-19(26)5/h9-18H,7-8H2,1-6H3,(H,36,42)/t33-/m0/s1. The van der Waals surface area contributed by atoms with Crippen LogP contribution in [0, 0.1) is 6.92 Å². The van der Waals surface area contributed by atoms with Gasteiger partial charge in [0.2, 0.25) is 0 Å². The number of fused-ring (bicyclic) bond motifs is 4. The van der Waals surface area contributed by atoms with Gasteiger partial charge >= 0.3 is 0 Å². The van der Waals surface area contributed by atoms with Crippen LogP contribution in [0.15, 0.2) is 54.6 Å². The van der Waals surface area contributed by atoms with E-state index in [9.17, 15) is 9.59 Å². The molecule has 0 fully saturated rings. The number of carbonyl (C=O) groups excluding carboxylic acids is 2. The highest BCUT2D eigenvalue weighted by Crippen LogP contribution is 2.55. The van der Waals surface area contributed by atoms with E-state index in [1.807, 2.05) is 55.7 Å². The number of benzene rings is 3. The van der Waals surface area contributed by atoms with E-state index in [0.717, 1.165) is 29.9 Å². The van der Waals surface area contributed by atoms with Gasteiger partial charge in [-0.1, -0.05) is 35.3 Å². The number of hydrogen-bond donors (Lipinski definition) is 1. The predicted octanol–water partition coefficient (Wildman–Crippen LogP) is 7.46. The van der Waals surface area contributed by atoms with Crippen LogP contribution in [0.4, 0.5) is 17.1 Å². The van der Waals surface area contributed by atoms with Gasteiger partial charge in [-0.3, -0.25) is 14.5 Å². The van der Waals surface area contributed by atoms with Crippen LogP contribution < -0.4 is 19.9 Å². The molecule has 10 heteroatoms. The van der Waals surface area contributed by atoms with Gasteiger partial charge in [0.25, 0.3) is 11.8 Å². The molecule has 4 aromatic rings. The first kappa shape index (κ1) is 29.1. The lowest BCUT2D eigenvalue weighted by Crippen LogP contribution is -2.51. The van der Waals surface area contributed by atoms with Crippen molar-refractivity contribution in [2.75, 3.05) is 35.3 Å². The van der Waals surface area contributed by atoms with Crippen molar-refractivity contribution >= 4 is 52.1 Å². The number of aromatic nitrogens is 2. The second-order valence-corrected chi connectivity index (χ2v) is 12.0. The van der Waals surface area contributed by atoms with Crippen molar-refractivity contribution in [1.82, 2.24) is 9.55 Å². The molecule has 222 valence electrons. The third kappa shape index (κ3) is 4.14. The molecule has 0 saturated carbocycles. The zero-order valence-electron chi connectivity index (χ0n) is 25.0. The molecule has 1 aromatic heterocycles. The molecule has 0 saturated heterocycles. The molecule has 2 amide bonds. The molecule has 8 nitrogen and oxygen atoms in total. The molecule has 0 unspecified atom stereocenters. The Labute approximate surface area is 261 Å². The van der Waals surface area contributed by atoms with Crippen molar-refractivity contribution in [3.8, 4) is 17.1 Å². The first-order valence-corrected chi connectivity index (χ1v) is 15.1. The Morgan fingerprint density at radius 2 is 1.70 bits per heavy atom. The fraction of sp³-hybridized carbons (Fsp3) is 0.303. The zero-order valence-corrected chi connectivity index (χ0v) is 26.5. The van der Waals surface area contributed by atoms with Gasteiger partial charge < -0.3 is 19.5 Å². The molecule has 3 aromatic carbocycles. The minimum atomic E-state index is -1.55. The van der Waals surface area contributed by atoms with Crippen molar-refractivity contribution in [2.45, 2.75) is 46.2 Å². The first-order chi connectivity index (χ1) is 20.6. The lowest BCUT2D eigenvalue weighted by Gasteiger charge is -2.36. The Kier molecular flexibility index (Phi) is 7.18. The summed E-state index contributed by atoms with van der Waals surface area (Å²) < 4.78 is 7.88. The maximum atomic E-state index is 14.6. The summed E-state index contributed by atoms with van der Waals surface area (Å²) in [6.07, 6.45) is 0. The molecule has 1 atom stereocenters. The van der Waals surface area contributed by atoms with E-state index in [-0.39, 0.29) is 17.6 Å². The molecule has 43 heavy (non-hydrogen) atoms. The fourth-order valence-electron chi connectivity index (χ4n) is 6.48. The molecular formula is C33H33Cl2N5O3. The SMILES string of the molecule is CCN(CC)c1ccc(-c2nc3c(n2C(C)C)[C@@]2(C(=O)Nc4cc(Cl)ccc42)N(c2cc(Cl)ccc2C)C3=O)c(OC)c1. The smallest absolute Gasteiger partial charge is 0.280 e. The Bertz CT molecular complexity index is 1800. The van der Waals surface area contributed by atoms with Crippen molar-refractivity contribution in [3.05, 3.63) is 87.2 Å². The van der Waals surface area contributed by atoms with E-state index >= 15 is 0 Å². The maximum Gasteiger partial charge on any atom is 0.280 e. The number of aryl methyl sites for hydroxylation is 1. The highest BCUT2D eigenvalue weighted by molar-refractivity contribution is 6.32. The van der Waals surface area contributed by atoms with E-state index in [4.69, 9.17) is 32.9 Å². The topological polar surface area (TPSA) is 79.7 Å². The van der Waals surface area contributed by atoms with Crippen molar-refractivity contribution in [3.63, 3.8) is 0 Å². The van der Waals surface area contributed by atoms with Gasteiger partial charge in [0.05, 0.1) is 24.1 Å². The van der Waals surface area contributed by atoms with Crippen molar-refractivity contribution in [2.24, 2.45) is 0 Å². The van der Waals surface area contributed by atoms with Crippen LogP contribution in [0.3, 0.4) is 0 Å². The highest BCUT2D eigenvalue weighted by Gasteiger charge is 2.64. The average Bonchev–Trinajstić information content (AvgIpc) is 3.59. The quantitative estimate of drug-likeness (QED) is 0.233. The van der Waals surface area contributed by atoms with Crippen LogP contribution in [0.1, 0.15) is 61.0 Å². The molecule has 0 radical (unpaired) electrons. The Morgan fingerprint density at radius 1 is 1.00 bits per heavy atom. The number of imidazole rings is 1. The number of halogens is 2. The summed E-state index contributed by atoms with van der Waals surface area (Å²) in [6, 6.07) is 16.4. The minimum Gasteiger partial charge on any atom is -0.496 e. The number of nitrogens with one attached hydrogen (secondary N) is 1. The Balaban J connectivity index is 1.68. The van der Waals surface area contributed by atoms with Crippen LogP contribution in [-0.4, -0.2) is 41.6 Å². The zero-order chi connectivity index (χ0) is 30.8. The van der Waals surface area contributed by atoms with E-state index in [1.165, 1.54) is 0 Å². The first-order valence-electron chi connectivity index (χ1n) is 14.4. The van der Waals surface area contributed by atoms with Crippen LogP contribution in [-0.2, 0) is 10.3 Å². The van der Waals surface area contributed by atoms with Gasteiger partial charge in [-0.05, 0) is 76.6 Å². The summed E-state index contributed by atoms with van der Waals surface area (Å²) in [5, 5.41) is 3.94. The van der Waals surface area contributed by atoms with Gasteiger partial charge in [-0.2, -0.15) is 0 Å². The Hall–Kier alpha value is -4.01. The molecule has 0 bridgehead atoms. The number of nitrogens with zero attached hydrogens (tertiary/aromatic N) is 4. The van der Waals surface area contributed by atoms with Crippen molar-refractivity contribution < 1.29 is 14.3 Å². The molecule has 3 heterocycles. The second-order valence-electron chi connectivity index (χ2n) is 11.1. The number of rotatable bonds is 7. The molecular weight excluding hydrogens is 585 g/mol. The third-order valence-electron chi connectivity index (χ3n) is 8.43. The van der Waals surface area contributed by atoms with E-state index in [1.54, 1.807) is 36.3 Å². The van der Waals surface area contributed by atoms with E-state index in [0.29, 0.717) is 44.3 Å². The summed E-state index contributed by atoms with van der Waals surface area (Å²) in [4.78, 5) is 37.8. The summed E-state index contributed by atoms with van der Waals surface area (Å²) in [5.74, 6) is 0.418. The summed E-state index contributed by atoms with van der Waals surface area (Å²) in [5.41, 5.74) is 3.39. The van der Waals surface area contributed by atoms with Gasteiger partial charge in [-0.15, -0.1) is 0 Å². The highest BCUT2D eigenvalue weighted by atomic mass is 35.5. The third-order valence-corrected chi connectivity index (χ3v) is 8.90. The number of methoxy groups -OCH3 is 1. The number of anilines is 3. The monoisotopic (exact) mass is 617 g/mol. The number of ether oxygens (including phenoxy) is 1. The van der Waals surface area contributed by atoms with Crippen molar-refractivity contribution in [1.29, 1.82) is 0 Å². The lowest BCUT2D eigenvalue weighted by molar-refractivity contribution is -0.119. The van der Waals surface area contributed by atoms with Crippen LogP contribution >= 0.6 is 23.2 Å². The summed E-state index contributed by atoms with van der Waals surface area (Å²) in [6.45, 7) is 11.8. The predicted molar refractivity (Wildman–Crippen MR) is 172 cm³/mol. The lowest BCUT2D eigenvalue weighted by atomic mass is 9.86. The molecule has 2 aliphatic rings. The van der Waals surface area contributed by atoms with Gasteiger partial charge in [0.15, 0.2) is 11.2 Å². The maximum absolute atomic E-state index is 14.6. The van der Waals surface area contributed by atoms with Gasteiger partial charge in [-0.25, -0.2) is 4.98 Å². The fourth-order valence-corrected chi connectivity index (χ4v) is 6.81. The second kappa shape index (κ2) is 10.6. The van der Waals surface area contributed by atoms with Crippen LogP contribution in [0.5, 0.6) is 5.75 Å². The molecule has 0 aliphatic carbocycles. The summed E-state index contributed by atoms with van der Waals surface area (Å²) >= 11 is 12.8. The number of hydrogen-bond acceptors (Lipinski definition) is 5. The largest absolute Gasteiger partial charge is 0.496 e. The molecule has 1 spiro atoms. The van der Waals surface area contributed by atoms with Crippen LogP contribution in [0.2, 0.25) is 10.0 Å². The molecule has 6 rings (SSSR count). The minimum absolute atomic E-state index is 0.173. The normalized spacial score (nSPS) is 17.1. The van der Waals surface area contributed by atoms with E-state index in [2.05, 4.69) is 24.1 Å². The number of amides is 2. The van der Waals surface area contributed by atoms with Crippen LogP contribution in [0.25, 0.3) is 11.4 Å². The van der Waals surface area contributed by atoms with Gasteiger partial charge in [0, 0.05) is 52.2 Å².